The minimum Gasteiger partial charge on any atom is -0.457 e. The quantitative estimate of drug-likeness (QED) is 0.730. The first kappa shape index (κ1) is 15.7. The zero-order chi connectivity index (χ0) is 17.2. The number of hydrogen-bond acceptors (Lipinski definition) is 2. The van der Waals surface area contributed by atoms with Crippen LogP contribution in [-0.2, 0) is 11.3 Å². The number of para-hydroxylation sites is 2. The lowest BCUT2D eigenvalue weighted by molar-refractivity contribution is -0.122. The number of fused-ring (bicyclic) bond motifs is 2. The Kier molecular flexibility index (Phi) is 4.16. The van der Waals surface area contributed by atoms with Crippen LogP contribution in [0.25, 0.3) is 0 Å². The van der Waals surface area contributed by atoms with Crippen molar-refractivity contribution in [3.63, 3.8) is 0 Å². The fourth-order valence-corrected chi connectivity index (χ4v) is 3.21. The molecule has 25 heavy (non-hydrogen) atoms. The van der Waals surface area contributed by atoms with Crippen molar-refractivity contribution in [2.45, 2.75) is 12.5 Å². The van der Waals surface area contributed by atoms with Crippen molar-refractivity contribution in [1.82, 2.24) is 5.32 Å². The number of halogens is 1. The Morgan fingerprint density at radius 3 is 2.04 bits per heavy atom. The van der Waals surface area contributed by atoms with E-state index in [-0.39, 0.29) is 11.8 Å². The van der Waals surface area contributed by atoms with Crippen LogP contribution < -0.4 is 10.1 Å². The number of nitrogens with one attached hydrogen (secondary N) is 1. The first-order valence-electron chi connectivity index (χ1n) is 8.10. The Bertz CT molecular complexity index is 876. The molecule has 0 spiro atoms. The van der Waals surface area contributed by atoms with Gasteiger partial charge in [-0.2, -0.15) is 0 Å². The molecule has 0 fully saturated rings. The van der Waals surface area contributed by atoms with Crippen LogP contribution in [0.15, 0.2) is 72.8 Å². The van der Waals surface area contributed by atoms with Crippen LogP contribution in [-0.4, -0.2) is 5.91 Å². The van der Waals surface area contributed by atoms with Crippen molar-refractivity contribution in [3.05, 3.63) is 94.5 Å². The molecule has 3 nitrogen and oxygen atoms in total. The molecule has 1 N–H and O–H groups in total. The number of ether oxygens (including phenoxy) is 1. The average molecular weight is 350 g/mol. The molecule has 0 saturated heterocycles. The Hall–Kier alpha value is -2.78. The number of carbonyl (C=O) groups is 1. The maximum absolute atomic E-state index is 13.0. The molecule has 0 aromatic heterocycles. The van der Waals surface area contributed by atoms with E-state index < -0.39 is 0 Å². The molecule has 1 aliphatic rings. The summed E-state index contributed by atoms with van der Waals surface area (Å²) >= 11 is 5.91. The van der Waals surface area contributed by atoms with Crippen molar-refractivity contribution in [3.8, 4) is 11.5 Å². The third kappa shape index (κ3) is 3.11. The first-order valence-corrected chi connectivity index (χ1v) is 8.48. The number of hydrogen-bond donors (Lipinski definition) is 1. The lowest BCUT2D eigenvalue weighted by Crippen LogP contribution is -2.31. The summed E-state index contributed by atoms with van der Waals surface area (Å²) in [4.78, 5) is 13.0. The highest BCUT2D eigenvalue weighted by Crippen LogP contribution is 2.43. The van der Waals surface area contributed by atoms with E-state index in [1.165, 1.54) is 0 Å². The zero-order valence-electron chi connectivity index (χ0n) is 13.4. The third-order valence-electron chi connectivity index (χ3n) is 4.32. The van der Waals surface area contributed by atoms with Crippen LogP contribution in [0, 0.1) is 0 Å². The van der Waals surface area contributed by atoms with Crippen LogP contribution in [0.4, 0.5) is 0 Å². The van der Waals surface area contributed by atoms with Gasteiger partial charge >= 0.3 is 0 Å². The second-order valence-corrected chi connectivity index (χ2v) is 6.39. The van der Waals surface area contributed by atoms with Gasteiger partial charge in [0.25, 0.3) is 0 Å². The van der Waals surface area contributed by atoms with Gasteiger partial charge in [0, 0.05) is 22.7 Å². The van der Waals surface area contributed by atoms with E-state index in [1.807, 2.05) is 72.8 Å². The van der Waals surface area contributed by atoms with Gasteiger partial charge in [-0.05, 0) is 29.8 Å². The predicted molar refractivity (Wildman–Crippen MR) is 98.1 cm³/mol. The van der Waals surface area contributed by atoms with E-state index in [0.717, 1.165) is 28.2 Å². The van der Waals surface area contributed by atoms with E-state index in [4.69, 9.17) is 16.3 Å². The number of amides is 1. The lowest BCUT2D eigenvalue weighted by atomic mass is 9.87. The molecule has 1 heterocycles. The molecule has 0 radical (unpaired) electrons. The fourth-order valence-electron chi connectivity index (χ4n) is 3.09. The minimum atomic E-state index is -0.381. The Morgan fingerprint density at radius 2 is 1.44 bits per heavy atom. The van der Waals surface area contributed by atoms with Crippen molar-refractivity contribution in [2.75, 3.05) is 0 Å². The molecule has 0 atom stereocenters. The third-order valence-corrected chi connectivity index (χ3v) is 4.57. The number of rotatable bonds is 3. The molecular formula is C21H16ClNO2. The normalized spacial score (nSPS) is 12.7. The summed E-state index contributed by atoms with van der Waals surface area (Å²) in [5.41, 5.74) is 2.77. The Morgan fingerprint density at radius 1 is 0.880 bits per heavy atom. The molecule has 3 aromatic rings. The molecule has 124 valence electrons. The molecule has 0 unspecified atom stereocenters. The van der Waals surface area contributed by atoms with Crippen LogP contribution in [0.1, 0.15) is 22.6 Å². The maximum atomic E-state index is 13.0. The standard InChI is InChI=1S/C21H16ClNO2/c22-15-11-9-14(10-12-15)13-23-21(24)20-16-5-1-3-7-18(16)25-19-8-4-2-6-17(19)20/h1-12,20H,13H2,(H,23,24). The molecule has 0 bridgehead atoms. The van der Waals surface area contributed by atoms with Crippen molar-refractivity contribution < 1.29 is 9.53 Å². The van der Waals surface area contributed by atoms with Crippen LogP contribution in [0.5, 0.6) is 11.5 Å². The lowest BCUT2D eigenvalue weighted by Gasteiger charge is -2.27. The van der Waals surface area contributed by atoms with E-state index in [2.05, 4.69) is 5.32 Å². The fraction of sp³-hybridized carbons (Fsp3) is 0.0952. The topological polar surface area (TPSA) is 38.3 Å². The molecule has 3 aromatic carbocycles. The van der Waals surface area contributed by atoms with E-state index in [9.17, 15) is 4.79 Å². The SMILES string of the molecule is O=C(NCc1ccc(Cl)cc1)C1c2ccccc2Oc2ccccc21. The summed E-state index contributed by atoms with van der Waals surface area (Å²) < 4.78 is 5.94. The molecule has 0 saturated carbocycles. The van der Waals surface area contributed by atoms with Crippen LogP contribution in [0.3, 0.4) is 0 Å². The molecule has 4 rings (SSSR count). The highest BCUT2D eigenvalue weighted by atomic mass is 35.5. The maximum Gasteiger partial charge on any atom is 0.232 e. The van der Waals surface area contributed by atoms with Gasteiger partial charge in [0.15, 0.2) is 0 Å². The summed E-state index contributed by atoms with van der Waals surface area (Å²) in [7, 11) is 0. The zero-order valence-corrected chi connectivity index (χ0v) is 14.2. The van der Waals surface area contributed by atoms with Gasteiger partial charge in [0.1, 0.15) is 11.5 Å². The van der Waals surface area contributed by atoms with Gasteiger partial charge < -0.3 is 10.1 Å². The van der Waals surface area contributed by atoms with Crippen LogP contribution >= 0.6 is 11.6 Å². The minimum absolute atomic E-state index is 0.0434. The number of benzene rings is 3. The molecule has 1 aliphatic heterocycles. The van der Waals surface area contributed by atoms with Gasteiger partial charge in [-0.15, -0.1) is 0 Å². The Balaban J connectivity index is 1.62. The van der Waals surface area contributed by atoms with E-state index in [1.54, 1.807) is 0 Å². The average Bonchev–Trinajstić information content (AvgIpc) is 2.65. The van der Waals surface area contributed by atoms with Gasteiger partial charge in [0.2, 0.25) is 5.91 Å². The van der Waals surface area contributed by atoms with Gasteiger partial charge in [-0.3, -0.25) is 4.79 Å². The highest BCUT2D eigenvalue weighted by Gasteiger charge is 2.32. The smallest absolute Gasteiger partial charge is 0.232 e. The molecular weight excluding hydrogens is 334 g/mol. The second kappa shape index (κ2) is 6.61. The summed E-state index contributed by atoms with van der Waals surface area (Å²) in [5.74, 6) is 1.03. The Labute approximate surface area is 151 Å². The largest absolute Gasteiger partial charge is 0.457 e. The predicted octanol–water partition coefficient (Wildman–Crippen LogP) is 4.89. The molecule has 1 amide bonds. The molecule has 4 heteroatoms. The second-order valence-electron chi connectivity index (χ2n) is 5.95. The van der Waals surface area contributed by atoms with Crippen molar-refractivity contribution >= 4 is 17.5 Å². The molecule has 0 aliphatic carbocycles. The summed E-state index contributed by atoms with van der Waals surface area (Å²) in [5, 5.41) is 3.72. The summed E-state index contributed by atoms with van der Waals surface area (Å²) in [6.07, 6.45) is 0. The van der Waals surface area contributed by atoms with Crippen molar-refractivity contribution in [2.24, 2.45) is 0 Å². The summed E-state index contributed by atoms with van der Waals surface area (Å²) in [6, 6.07) is 22.8. The monoisotopic (exact) mass is 349 g/mol. The van der Waals surface area contributed by atoms with E-state index >= 15 is 0 Å². The highest BCUT2D eigenvalue weighted by molar-refractivity contribution is 6.30. The van der Waals surface area contributed by atoms with Gasteiger partial charge in [0.05, 0.1) is 5.92 Å². The van der Waals surface area contributed by atoms with Crippen molar-refractivity contribution in [1.29, 1.82) is 0 Å². The van der Waals surface area contributed by atoms with Crippen LogP contribution in [0.2, 0.25) is 5.02 Å². The summed E-state index contributed by atoms with van der Waals surface area (Å²) in [6.45, 7) is 0.456. The number of carbonyl (C=O) groups excluding carboxylic acids is 1. The van der Waals surface area contributed by atoms with E-state index in [0.29, 0.717) is 11.6 Å². The first-order chi connectivity index (χ1) is 12.2. The van der Waals surface area contributed by atoms with Gasteiger partial charge in [-0.1, -0.05) is 60.1 Å². The van der Waals surface area contributed by atoms with Gasteiger partial charge in [-0.25, -0.2) is 0 Å².